The molecule has 1 saturated carbocycles. The molecule has 20 heavy (non-hydrogen) atoms. The first-order valence-electron chi connectivity index (χ1n) is 7.04. The summed E-state index contributed by atoms with van der Waals surface area (Å²) in [6.07, 6.45) is 5.99. The third-order valence-corrected chi connectivity index (χ3v) is 3.75. The number of hydrogen-bond donors (Lipinski definition) is 1. The highest BCUT2D eigenvalue weighted by atomic mass is 15.1. The SMILES string of the molecule is Cc1nc(NC2CC(C)(C)C2)cc(-c2cccnc2)n1. The first-order valence-corrected chi connectivity index (χ1v) is 7.04. The number of rotatable bonds is 3. The Morgan fingerprint density at radius 1 is 1.25 bits per heavy atom. The van der Waals surface area contributed by atoms with E-state index in [1.807, 2.05) is 31.3 Å². The van der Waals surface area contributed by atoms with Crippen molar-refractivity contribution in [2.24, 2.45) is 5.41 Å². The van der Waals surface area contributed by atoms with Crippen molar-refractivity contribution in [2.75, 3.05) is 5.32 Å². The number of aromatic nitrogens is 3. The summed E-state index contributed by atoms with van der Waals surface area (Å²) in [6.45, 7) is 6.53. The summed E-state index contributed by atoms with van der Waals surface area (Å²) >= 11 is 0. The molecule has 3 rings (SSSR count). The summed E-state index contributed by atoms with van der Waals surface area (Å²) < 4.78 is 0. The molecule has 0 radical (unpaired) electrons. The molecular formula is C16H20N4. The zero-order chi connectivity index (χ0) is 14.2. The standard InChI is InChI=1S/C16H20N4/c1-11-18-14(12-5-4-6-17-10-12)7-15(19-11)20-13-8-16(2,3)9-13/h4-7,10,13H,8-9H2,1-3H3,(H,18,19,20). The number of pyridine rings is 1. The summed E-state index contributed by atoms with van der Waals surface area (Å²) in [7, 11) is 0. The van der Waals surface area contributed by atoms with Crippen LogP contribution in [0.5, 0.6) is 0 Å². The lowest BCUT2D eigenvalue weighted by Crippen LogP contribution is -2.41. The number of anilines is 1. The molecule has 0 amide bonds. The summed E-state index contributed by atoms with van der Waals surface area (Å²) in [5.41, 5.74) is 2.41. The predicted octanol–water partition coefficient (Wildman–Crippen LogP) is 3.45. The summed E-state index contributed by atoms with van der Waals surface area (Å²) in [4.78, 5) is 13.1. The van der Waals surface area contributed by atoms with Gasteiger partial charge in [-0.15, -0.1) is 0 Å². The molecule has 0 unspecified atom stereocenters. The van der Waals surface area contributed by atoms with E-state index in [0.29, 0.717) is 11.5 Å². The first-order chi connectivity index (χ1) is 9.52. The summed E-state index contributed by atoms with van der Waals surface area (Å²) in [6, 6.07) is 6.48. The molecule has 2 aromatic heterocycles. The van der Waals surface area contributed by atoms with Crippen molar-refractivity contribution in [3.05, 3.63) is 36.4 Å². The van der Waals surface area contributed by atoms with Gasteiger partial charge in [0.05, 0.1) is 5.69 Å². The van der Waals surface area contributed by atoms with Crippen molar-refractivity contribution in [3.63, 3.8) is 0 Å². The lowest BCUT2D eigenvalue weighted by molar-refractivity contribution is 0.167. The Morgan fingerprint density at radius 3 is 2.70 bits per heavy atom. The van der Waals surface area contributed by atoms with Gasteiger partial charge in [0, 0.05) is 30.1 Å². The Labute approximate surface area is 119 Å². The topological polar surface area (TPSA) is 50.7 Å². The molecule has 0 saturated heterocycles. The van der Waals surface area contributed by atoms with Crippen LogP contribution in [0.15, 0.2) is 30.6 Å². The molecule has 0 bridgehead atoms. The van der Waals surface area contributed by atoms with E-state index in [1.54, 1.807) is 6.20 Å². The lowest BCUT2D eigenvalue weighted by atomic mass is 9.68. The molecule has 1 fully saturated rings. The van der Waals surface area contributed by atoms with E-state index in [0.717, 1.165) is 22.9 Å². The Hall–Kier alpha value is -1.97. The van der Waals surface area contributed by atoms with Crippen molar-refractivity contribution in [1.82, 2.24) is 15.0 Å². The normalized spacial score (nSPS) is 17.6. The molecule has 0 spiro atoms. The highest BCUT2D eigenvalue weighted by molar-refractivity contribution is 5.61. The zero-order valence-electron chi connectivity index (χ0n) is 12.2. The fraction of sp³-hybridized carbons (Fsp3) is 0.438. The average Bonchev–Trinajstić information content (AvgIpc) is 2.37. The van der Waals surface area contributed by atoms with Gasteiger partial charge in [-0.1, -0.05) is 13.8 Å². The molecule has 104 valence electrons. The van der Waals surface area contributed by atoms with Gasteiger partial charge in [-0.25, -0.2) is 9.97 Å². The minimum Gasteiger partial charge on any atom is -0.367 e. The van der Waals surface area contributed by atoms with Crippen molar-refractivity contribution in [3.8, 4) is 11.3 Å². The van der Waals surface area contributed by atoms with Crippen LogP contribution in [-0.2, 0) is 0 Å². The van der Waals surface area contributed by atoms with Gasteiger partial charge in [-0.2, -0.15) is 0 Å². The second kappa shape index (κ2) is 4.85. The van der Waals surface area contributed by atoms with E-state index in [2.05, 4.69) is 34.1 Å². The van der Waals surface area contributed by atoms with Crippen LogP contribution in [0, 0.1) is 12.3 Å². The van der Waals surface area contributed by atoms with Crippen molar-refractivity contribution in [1.29, 1.82) is 0 Å². The lowest BCUT2D eigenvalue weighted by Gasteiger charge is -2.43. The minimum absolute atomic E-state index is 0.464. The van der Waals surface area contributed by atoms with Crippen LogP contribution in [0.25, 0.3) is 11.3 Å². The average molecular weight is 268 g/mol. The molecule has 0 atom stereocenters. The Kier molecular flexibility index (Phi) is 3.16. The Bertz CT molecular complexity index is 599. The maximum absolute atomic E-state index is 4.49. The van der Waals surface area contributed by atoms with Gasteiger partial charge < -0.3 is 5.32 Å². The van der Waals surface area contributed by atoms with E-state index in [-0.39, 0.29) is 0 Å². The van der Waals surface area contributed by atoms with E-state index in [4.69, 9.17) is 0 Å². The van der Waals surface area contributed by atoms with Gasteiger partial charge in [0.15, 0.2) is 0 Å². The van der Waals surface area contributed by atoms with Gasteiger partial charge in [-0.3, -0.25) is 4.98 Å². The highest BCUT2D eigenvalue weighted by Gasteiger charge is 2.36. The number of nitrogens with zero attached hydrogens (tertiary/aromatic N) is 3. The van der Waals surface area contributed by atoms with Crippen LogP contribution in [0.4, 0.5) is 5.82 Å². The maximum Gasteiger partial charge on any atom is 0.130 e. The largest absolute Gasteiger partial charge is 0.367 e. The van der Waals surface area contributed by atoms with Crippen LogP contribution in [0.2, 0.25) is 0 Å². The molecule has 1 aliphatic carbocycles. The van der Waals surface area contributed by atoms with Crippen LogP contribution < -0.4 is 5.32 Å². The molecule has 1 aliphatic rings. The van der Waals surface area contributed by atoms with Crippen molar-refractivity contribution < 1.29 is 0 Å². The maximum atomic E-state index is 4.49. The fourth-order valence-electron chi connectivity index (χ4n) is 2.89. The van der Waals surface area contributed by atoms with Crippen LogP contribution in [0.3, 0.4) is 0 Å². The fourth-order valence-corrected chi connectivity index (χ4v) is 2.89. The van der Waals surface area contributed by atoms with Crippen LogP contribution in [-0.4, -0.2) is 21.0 Å². The smallest absolute Gasteiger partial charge is 0.130 e. The van der Waals surface area contributed by atoms with Gasteiger partial charge in [0.2, 0.25) is 0 Å². The minimum atomic E-state index is 0.464. The molecular weight excluding hydrogens is 248 g/mol. The van der Waals surface area contributed by atoms with Gasteiger partial charge in [0.25, 0.3) is 0 Å². The molecule has 4 nitrogen and oxygen atoms in total. The monoisotopic (exact) mass is 268 g/mol. The van der Waals surface area contributed by atoms with Gasteiger partial charge >= 0.3 is 0 Å². The highest BCUT2D eigenvalue weighted by Crippen LogP contribution is 2.41. The first kappa shape index (κ1) is 13.0. The third kappa shape index (κ3) is 2.79. The van der Waals surface area contributed by atoms with E-state index in [9.17, 15) is 0 Å². The van der Waals surface area contributed by atoms with E-state index < -0.39 is 0 Å². The molecule has 0 aromatic carbocycles. The molecule has 0 aliphatic heterocycles. The number of nitrogens with one attached hydrogen (secondary N) is 1. The van der Waals surface area contributed by atoms with Crippen molar-refractivity contribution in [2.45, 2.75) is 39.7 Å². The quantitative estimate of drug-likeness (QED) is 0.926. The molecule has 2 heterocycles. The summed E-state index contributed by atoms with van der Waals surface area (Å²) in [5.74, 6) is 1.70. The Morgan fingerprint density at radius 2 is 2.05 bits per heavy atom. The number of aryl methyl sites for hydroxylation is 1. The third-order valence-electron chi connectivity index (χ3n) is 3.75. The summed E-state index contributed by atoms with van der Waals surface area (Å²) in [5, 5.41) is 3.51. The molecule has 4 heteroatoms. The molecule has 1 N–H and O–H groups in total. The zero-order valence-corrected chi connectivity index (χ0v) is 12.2. The van der Waals surface area contributed by atoms with Gasteiger partial charge in [0.1, 0.15) is 11.6 Å². The number of hydrogen-bond acceptors (Lipinski definition) is 4. The second-order valence-electron chi connectivity index (χ2n) is 6.34. The van der Waals surface area contributed by atoms with Gasteiger partial charge in [-0.05, 0) is 37.3 Å². The Balaban J connectivity index is 1.81. The van der Waals surface area contributed by atoms with Crippen LogP contribution in [0.1, 0.15) is 32.5 Å². The molecule has 2 aromatic rings. The van der Waals surface area contributed by atoms with Crippen molar-refractivity contribution >= 4 is 5.82 Å². The van der Waals surface area contributed by atoms with E-state index in [1.165, 1.54) is 12.8 Å². The van der Waals surface area contributed by atoms with Crippen LogP contribution >= 0.6 is 0 Å². The van der Waals surface area contributed by atoms with E-state index >= 15 is 0 Å². The predicted molar refractivity (Wildman–Crippen MR) is 80.4 cm³/mol. The second-order valence-corrected chi connectivity index (χ2v) is 6.34.